The van der Waals surface area contributed by atoms with Crippen LogP contribution in [0.5, 0.6) is 0 Å². The highest BCUT2D eigenvalue weighted by Crippen LogP contribution is 2.28. The smallest absolute Gasteiger partial charge is 0.324 e. The summed E-state index contributed by atoms with van der Waals surface area (Å²) in [5.74, 6) is 0.585. The maximum Gasteiger partial charge on any atom is 0.433 e. The van der Waals surface area contributed by atoms with Gasteiger partial charge >= 0.3 is 6.18 Å². The Kier molecular flexibility index (Phi) is 3.46. The molecule has 4 nitrogen and oxygen atoms in total. The van der Waals surface area contributed by atoms with Crippen LogP contribution in [-0.4, -0.2) is 14.5 Å². The van der Waals surface area contributed by atoms with E-state index in [1.807, 2.05) is 24.6 Å². The molecule has 102 valence electrons. The standard InChI is InChI=1S/C12H13F3N4/c1-3-19-7-8(2)17-11(19)18-9-4-5-10(16-6-9)12(13,14)15/h4-7H,3H2,1-2H3,(H,17,18). The summed E-state index contributed by atoms with van der Waals surface area (Å²) in [5.41, 5.74) is 0.394. The molecule has 2 aromatic heterocycles. The van der Waals surface area contributed by atoms with E-state index < -0.39 is 11.9 Å². The number of nitrogens with zero attached hydrogens (tertiary/aromatic N) is 3. The molecular weight excluding hydrogens is 257 g/mol. The summed E-state index contributed by atoms with van der Waals surface area (Å²) in [4.78, 5) is 7.63. The second-order valence-corrected chi connectivity index (χ2v) is 4.05. The van der Waals surface area contributed by atoms with Crippen LogP contribution in [0, 0.1) is 6.92 Å². The van der Waals surface area contributed by atoms with E-state index in [9.17, 15) is 13.2 Å². The summed E-state index contributed by atoms with van der Waals surface area (Å²) in [5, 5.41) is 2.94. The van der Waals surface area contributed by atoms with Gasteiger partial charge in [-0.15, -0.1) is 0 Å². The van der Waals surface area contributed by atoms with Crippen LogP contribution in [0.4, 0.5) is 24.8 Å². The summed E-state index contributed by atoms with van der Waals surface area (Å²) < 4.78 is 39.0. The van der Waals surface area contributed by atoms with E-state index in [4.69, 9.17) is 0 Å². The molecule has 7 heteroatoms. The molecule has 2 heterocycles. The number of alkyl halides is 3. The zero-order valence-corrected chi connectivity index (χ0v) is 10.5. The van der Waals surface area contributed by atoms with Crippen LogP contribution in [0.3, 0.4) is 0 Å². The Morgan fingerprint density at radius 2 is 2.05 bits per heavy atom. The van der Waals surface area contributed by atoms with Crippen molar-refractivity contribution in [1.82, 2.24) is 14.5 Å². The first-order valence-corrected chi connectivity index (χ1v) is 5.74. The van der Waals surface area contributed by atoms with Crippen molar-refractivity contribution in [3.05, 3.63) is 35.9 Å². The molecule has 0 atom stereocenters. The van der Waals surface area contributed by atoms with Gasteiger partial charge in [-0.1, -0.05) is 0 Å². The van der Waals surface area contributed by atoms with Gasteiger partial charge in [0.2, 0.25) is 5.95 Å². The Morgan fingerprint density at radius 1 is 1.32 bits per heavy atom. The Bertz CT molecular complexity index is 557. The van der Waals surface area contributed by atoms with Crippen molar-refractivity contribution in [2.75, 3.05) is 5.32 Å². The number of hydrogen-bond donors (Lipinski definition) is 1. The minimum atomic E-state index is -4.42. The van der Waals surface area contributed by atoms with Gasteiger partial charge < -0.3 is 9.88 Å². The Labute approximate surface area is 108 Å². The van der Waals surface area contributed by atoms with Crippen molar-refractivity contribution >= 4 is 11.6 Å². The molecule has 0 unspecified atom stereocenters. The van der Waals surface area contributed by atoms with Crippen LogP contribution in [0.1, 0.15) is 18.3 Å². The van der Waals surface area contributed by atoms with E-state index in [1.54, 1.807) is 0 Å². The predicted molar refractivity (Wildman–Crippen MR) is 65.2 cm³/mol. The normalized spacial score (nSPS) is 11.6. The third kappa shape index (κ3) is 3.04. The van der Waals surface area contributed by atoms with Crippen molar-refractivity contribution in [3.8, 4) is 0 Å². The van der Waals surface area contributed by atoms with Crippen LogP contribution in [0.25, 0.3) is 0 Å². The molecule has 19 heavy (non-hydrogen) atoms. The minimum Gasteiger partial charge on any atom is -0.324 e. The lowest BCUT2D eigenvalue weighted by Crippen LogP contribution is -2.08. The van der Waals surface area contributed by atoms with Gasteiger partial charge in [-0.2, -0.15) is 13.2 Å². The molecule has 0 aliphatic heterocycles. The largest absolute Gasteiger partial charge is 0.433 e. The van der Waals surface area contributed by atoms with Gasteiger partial charge in [-0.25, -0.2) is 9.97 Å². The SMILES string of the molecule is CCn1cc(C)nc1Nc1ccc(C(F)(F)F)nc1. The number of imidazole rings is 1. The zero-order chi connectivity index (χ0) is 14.0. The maximum atomic E-state index is 12.4. The lowest BCUT2D eigenvalue weighted by Gasteiger charge is -2.09. The predicted octanol–water partition coefficient (Wildman–Crippen LogP) is 3.37. The van der Waals surface area contributed by atoms with E-state index in [0.717, 1.165) is 24.5 Å². The fraction of sp³-hybridized carbons (Fsp3) is 0.333. The number of aromatic nitrogens is 3. The van der Waals surface area contributed by atoms with E-state index in [0.29, 0.717) is 11.6 Å². The summed E-state index contributed by atoms with van der Waals surface area (Å²) in [7, 11) is 0. The minimum absolute atomic E-state index is 0.466. The van der Waals surface area contributed by atoms with Gasteiger partial charge in [-0.3, -0.25) is 0 Å². The highest BCUT2D eigenvalue weighted by molar-refractivity contribution is 5.52. The van der Waals surface area contributed by atoms with Crippen molar-refractivity contribution in [3.63, 3.8) is 0 Å². The second-order valence-electron chi connectivity index (χ2n) is 4.05. The third-order valence-corrected chi connectivity index (χ3v) is 2.55. The maximum absolute atomic E-state index is 12.4. The van der Waals surface area contributed by atoms with Gasteiger partial charge in [0, 0.05) is 12.7 Å². The number of hydrogen-bond acceptors (Lipinski definition) is 3. The van der Waals surface area contributed by atoms with E-state index in [2.05, 4.69) is 15.3 Å². The monoisotopic (exact) mass is 270 g/mol. The fourth-order valence-corrected chi connectivity index (χ4v) is 1.65. The summed E-state index contributed by atoms with van der Waals surface area (Å²) in [6.45, 7) is 4.52. The first-order valence-electron chi connectivity index (χ1n) is 5.74. The molecule has 0 saturated carbocycles. The van der Waals surface area contributed by atoms with Crippen molar-refractivity contribution in [1.29, 1.82) is 0 Å². The number of rotatable bonds is 3. The fourth-order valence-electron chi connectivity index (χ4n) is 1.65. The Balaban J connectivity index is 2.19. The molecule has 0 aromatic carbocycles. The molecule has 0 bridgehead atoms. The first-order chi connectivity index (χ1) is 8.90. The molecule has 0 aliphatic rings. The number of pyridine rings is 1. The first kappa shape index (κ1) is 13.4. The van der Waals surface area contributed by atoms with Crippen LogP contribution in [0.15, 0.2) is 24.5 Å². The third-order valence-electron chi connectivity index (χ3n) is 2.55. The van der Waals surface area contributed by atoms with Crippen LogP contribution in [0.2, 0.25) is 0 Å². The number of anilines is 2. The molecule has 0 aliphatic carbocycles. The highest BCUT2D eigenvalue weighted by atomic mass is 19.4. The van der Waals surface area contributed by atoms with E-state index in [-0.39, 0.29) is 0 Å². The average molecular weight is 270 g/mol. The molecule has 2 rings (SSSR count). The second kappa shape index (κ2) is 4.91. The van der Waals surface area contributed by atoms with E-state index in [1.165, 1.54) is 6.07 Å². The Hall–Kier alpha value is -2.05. The summed E-state index contributed by atoms with van der Waals surface area (Å²) in [6.07, 6.45) is -1.41. The molecule has 2 aromatic rings. The number of nitrogens with one attached hydrogen (secondary N) is 1. The number of aryl methyl sites for hydroxylation is 2. The van der Waals surface area contributed by atoms with Gasteiger partial charge in [0.05, 0.1) is 17.6 Å². The van der Waals surface area contributed by atoms with Crippen LogP contribution < -0.4 is 5.32 Å². The van der Waals surface area contributed by atoms with Crippen molar-refractivity contribution < 1.29 is 13.2 Å². The van der Waals surface area contributed by atoms with Gasteiger partial charge in [-0.05, 0) is 26.0 Å². The van der Waals surface area contributed by atoms with E-state index >= 15 is 0 Å². The van der Waals surface area contributed by atoms with Gasteiger partial charge in [0.15, 0.2) is 0 Å². The summed E-state index contributed by atoms with van der Waals surface area (Å²) in [6, 6.07) is 2.27. The molecule has 0 saturated heterocycles. The van der Waals surface area contributed by atoms with Gasteiger partial charge in [0.25, 0.3) is 0 Å². The summed E-state index contributed by atoms with van der Waals surface area (Å²) >= 11 is 0. The molecule has 0 fully saturated rings. The quantitative estimate of drug-likeness (QED) is 0.929. The molecule has 0 spiro atoms. The highest BCUT2D eigenvalue weighted by Gasteiger charge is 2.32. The topological polar surface area (TPSA) is 42.7 Å². The Morgan fingerprint density at radius 3 is 2.58 bits per heavy atom. The molecular formula is C12H13F3N4. The zero-order valence-electron chi connectivity index (χ0n) is 10.5. The van der Waals surface area contributed by atoms with Crippen molar-refractivity contribution in [2.45, 2.75) is 26.6 Å². The van der Waals surface area contributed by atoms with Crippen LogP contribution >= 0.6 is 0 Å². The molecule has 1 N–H and O–H groups in total. The number of halogens is 3. The van der Waals surface area contributed by atoms with Gasteiger partial charge in [0.1, 0.15) is 5.69 Å². The molecule has 0 radical (unpaired) electrons. The lowest BCUT2D eigenvalue weighted by molar-refractivity contribution is -0.141. The van der Waals surface area contributed by atoms with Crippen LogP contribution in [-0.2, 0) is 12.7 Å². The lowest BCUT2D eigenvalue weighted by atomic mass is 10.3. The van der Waals surface area contributed by atoms with Crippen molar-refractivity contribution in [2.24, 2.45) is 0 Å². The molecule has 0 amide bonds. The average Bonchev–Trinajstić information content (AvgIpc) is 2.69.